The highest BCUT2D eigenvalue weighted by Crippen LogP contribution is 2.34. The van der Waals surface area contributed by atoms with Crippen molar-refractivity contribution in [2.75, 3.05) is 11.1 Å². The number of hydrogen-bond acceptors (Lipinski definition) is 9. The van der Waals surface area contributed by atoms with Gasteiger partial charge >= 0.3 is 0 Å². The fourth-order valence-electron chi connectivity index (χ4n) is 2.53. The van der Waals surface area contributed by atoms with Crippen molar-refractivity contribution >= 4 is 55.2 Å². The molecular weight excluding hydrogens is 432 g/mol. The van der Waals surface area contributed by atoms with E-state index in [2.05, 4.69) is 15.4 Å². The van der Waals surface area contributed by atoms with Crippen LogP contribution in [-0.2, 0) is 10.0 Å². The first-order chi connectivity index (χ1) is 13.8. The molecule has 29 heavy (non-hydrogen) atoms. The fourth-order valence-corrected chi connectivity index (χ4v) is 4.50. The quantitative estimate of drug-likeness (QED) is 0.427. The Hall–Kier alpha value is -3.06. The number of thiophene rings is 2. The molecule has 0 atom stereocenters. The van der Waals surface area contributed by atoms with E-state index in [0.29, 0.717) is 27.0 Å². The second kappa shape index (κ2) is 7.40. The highest BCUT2D eigenvalue weighted by molar-refractivity contribution is 7.89. The van der Waals surface area contributed by atoms with Gasteiger partial charge in [0.25, 0.3) is 5.91 Å². The van der Waals surface area contributed by atoms with E-state index in [1.807, 2.05) is 5.38 Å². The van der Waals surface area contributed by atoms with Crippen molar-refractivity contribution in [3.05, 3.63) is 58.1 Å². The van der Waals surface area contributed by atoms with E-state index in [1.165, 1.54) is 34.8 Å². The van der Waals surface area contributed by atoms with Gasteiger partial charge in [-0.05, 0) is 47.2 Å². The maximum atomic E-state index is 12.5. The zero-order valence-corrected chi connectivity index (χ0v) is 17.1. The van der Waals surface area contributed by atoms with Crippen LogP contribution in [0.2, 0.25) is 0 Å². The van der Waals surface area contributed by atoms with Gasteiger partial charge in [-0.1, -0.05) is 6.07 Å². The predicted molar refractivity (Wildman–Crippen MR) is 113 cm³/mol. The van der Waals surface area contributed by atoms with Crippen LogP contribution in [0.5, 0.6) is 0 Å². The van der Waals surface area contributed by atoms with E-state index in [9.17, 15) is 13.2 Å². The van der Waals surface area contributed by atoms with Gasteiger partial charge < -0.3 is 11.1 Å². The van der Waals surface area contributed by atoms with Crippen LogP contribution in [0.4, 0.5) is 16.6 Å². The molecule has 9 nitrogen and oxygen atoms in total. The van der Waals surface area contributed by atoms with Gasteiger partial charge in [0, 0.05) is 5.69 Å². The Morgan fingerprint density at radius 2 is 1.83 bits per heavy atom. The van der Waals surface area contributed by atoms with Crippen molar-refractivity contribution in [1.29, 1.82) is 0 Å². The molecule has 1 aromatic carbocycles. The summed E-state index contributed by atoms with van der Waals surface area (Å²) in [5.74, 6) is -0.0510. The lowest BCUT2D eigenvalue weighted by atomic mass is 10.3. The minimum absolute atomic E-state index is 0.00643. The fraction of sp³-hybridized carbons (Fsp3) is 0. The minimum Gasteiger partial charge on any atom is -0.368 e. The second-order valence-corrected chi connectivity index (χ2v) is 9.27. The number of aromatic nitrogens is 3. The van der Waals surface area contributed by atoms with E-state index < -0.39 is 10.0 Å². The largest absolute Gasteiger partial charge is 0.368 e. The monoisotopic (exact) mass is 446 g/mol. The second-order valence-electron chi connectivity index (χ2n) is 5.85. The molecule has 0 aliphatic carbocycles. The van der Waals surface area contributed by atoms with Crippen molar-refractivity contribution in [2.24, 2.45) is 5.14 Å². The standard InChI is InChI=1S/C17H14N6O3S3/c18-17-21-14(22-23(17)16(24)13-2-1-8-27-13)12-7-9-28-15(12)20-10-3-5-11(6-4-10)29(19,25)26/h1-9,20H,(H2,18,21,22)(H2,19,25,26). The predicted octanol–water partition coefficient (Wildman–Crippen LogP) is 2.73. The topological polar surface area (TPSA) is 146 Å². The summed E-state index contributed by atoms with van der Waals surface area (Å²) in [5.41, 5.74) is 7.22. The number of carbonyl (C=O) groups excluding carboxylic acids is 1. The molecule has 0 amide bonds. The Labute approximate surface area is 173 Å². The molecular formula is C17H14N6O3S3. The molecule has 5 N–H and O–H groups in total. The van der Waals surface area contributed by atoms with E-state index in [1.54, 1.807) is 35.7 Å². The SMILES string of the molecule is Nc1nc(-c2ccsc2Nc2ccc(S(N)(=O)=O)cc2)nn1C(=O)c1cccs1. The molecule has 0 aliphatic heterocycles. The Bertz CT molecular complexity index is 1270. The molecule has 0 unspecified atom stereocenters. The third kappa shape index (κ3) is 3.91. The van der Waals surface area contributed by atoms with Gasteiger partial charge in [0.15, 0.2) is 5.82 Å². The van der Waals surface area contributed by atoms with E-state index in [4.69, 9.17) is 10.9 Å². The summed E-state index contributed by atoms with van der Waals surface area (Å²) in [6, 6.07) is 11.3. The first-order valence-electron chi connectivity index (χ1n) is 8.11. The summed E-state index contributed by atoms with van der Waals surface area (Å²) in [4.78, 5) is 17.3. The Morgan fingerprint density at radius 3 is 2.48 bits per heavy atom. The number of hydrogen-bond donors (Lipinski definition) is 3. The Morgan fingerprint density at radius 1 is 1.07 bits per heavy atom. The van der Waals surface area contributed by atoms with Crippen LogP contribution in [0.1, 0.15) is 9.67 Å². The van der Waals surface area contributed by atoms with Crippen LogP contribution in [0, 0.1) is 0 Å². The van der Waals surface area contributed by atoms with Gasteiger partial charge in [-0.25, -0.2) is 13.6 Å². The van der Waals surface area contributed by atoms with Crippen LogP contribution >= 0.6 is 22.7 Å². The average Bonchev–Trinajstić information content (AvgIpc) is 3.41. The number of primary sulfonamides is 1. The van der Waals surface area contributed by atoms with E-state index in [0.717, 1.165) is 4.68 Å². The molecule has 0 aliphatic rings. The third-order valence-electron chi connectivity index (χ3n) is 3.90. The molecule has 4 aromatic rings. The highest BCUT2D eigenvalue weighted by Gasteiger charge is 2.20. The normalized spacial score (nSPS) is 11.5. The number of nitrogen functional groups attached to an aromatic ring is 1. The lowest BCUT2D eigenvalue weighted by Crippen LogP contribution is -2.15. The number of nitrogens with zero attached hydrogens (tertiary/aromatic N) is 3. The maximum Gasteiger partial charge on any atom is 0.291 e. The van der Waals surface area contributed by atoms with E-state index in [-0.39, 0.29) is 16.8 Å². The average molecular weight is 447 g/mol. The van der Waals surface area contributed by atoms with Crippen LogP contribution < -0.4 is 16.2 Å². The number of benzene rings is 1. The molecule has 12 heteroatoms. The molecule has 0 radical (unpaired) electrons. The third-order valence-corrected chi connectivity index (χ3v) is 6.52. The first kappa shape index (κ1) is 19.3. The van der Waals surface area contributed by atoms with Crippen molar-refractivity contribution < 1.29 is 13.2 Å². The number of anilines is 3. The molecule has 0 spiro atoms. The number of sulfonamides is 1. The van der Waals surface area contributed by atoms with Crippen LogP contribution in [0.3, 0.4) is 0 Å². The summed E-state index contributed by atoms with van der Waals surface area (Å²) in [5, 5.41) is 16.9. The summed E-state index contributed by atoms with van der Waals surface area (Å²) in [6.07, 6.45) is 0. The lowest BCUT2D eigenvalue weighted by Gasteiger charge is -2.06. The molecule has 4 rings (SSSR count). The van der Waals surface area contributed by atoms with E-state index >= 15 is 0 Å². The zero-order valence-electron chi connectivity index (χ0n) is 14.6. The van der Waals surface area contributed by atoms with Gasteiger partial charge in [-0.3, -0.25) is 4.79 Å². The maximum absolute atomic E-state index is 12.5. The van der Waals surface area contributed by atoms with Gasteiger partial charge in [-0.15, -0.1) is 27.8 Å². The number of nitrogens with one attached hydrogen (secondary N) is 1. The van der Waals surface area contributed by atoms with Gasteiger partial charge in [0.1, 0.15) is 5.00 Å². The number of rotatable bonds is 5. The van der Waals surface area contributed by atoms with Crippen molar-refractivity contribution in [2.45, 2.75) is 4.90 Å². The summed E-state index contributed by atoms with van der Waals surface area (Å²) >= 11 is 2.70. The summed E-state index contributed by atoms with van der Waals surface area (Å²) in [6.45, 7) is 0. The van der Waals surface area contributed by atoms with Crippen molar-refractivity contribution in [1.82, 2.24) is 14.8 Å². The lowest BCUT2D eigenvalue weighted by molar-refractivity contribution is 0.0952. The van der Waals surface area contributed by atoms with Crippen LogP contribution in [0.15, 0.2) is 58.1 Å². The number of nitrogens with two attached hydrogens (primary N) is 2. The molecule has 3 heterocycles. The van der Waals surface area contributed by atoms with Crippen LogP contribution in [-0.4, -0.2) is 29.1 Å². The molecule has 148 valence electrons. The molecule has 0 saturated heterocycles. The summed E-state index contributed by atoms with van der Waals surface area (Å²) < 4.78 is 23.8. The van der Waals surface area contributed by atoms with Gasteiger partial charge in [-0.2, -0.15) is 9.67 Å². The highest BCUT2D eigenvalue weighted by atomic mass is 32.2. The Kier molecular flexibility index (Phi) is 4.92. The molecule has 3 aromatic heterocycles. The van der Waals surface area contributed by atoms with Gasteiger partial charge in [0.05, 0.1) is 15.3 Å². The molecule has 0 fully saturated rings. The van der Waals surface area contributed by atoms with Crippen molar-refractivity contribution in [3.63, 3.8) is 0 Å². The van der Waals surface area contributed by atoms with Crippen molar-refractivity contribution in [3.8, 4) is 11.4 Å². The zero-order chi connectivity index (χ0) is 20.6. The Balaban J connectivity index is 1.62. The van der Waals surface area contributed by atoms with Gasteiger partial charge in [0.2, 0.25) is 16.0 Å². The first-order valence-corrected chi connectivity index (χ1v) is 11.4. The number of carbonyl (C=O) groups is 1. The minimum atomic E-state index is -3.75. The van der Waals surface area contributed by atoms with Crippen LogP contribution in [0.25, 0.3) is 11.4 Å². The molecule has 0 saturated carbocycles. The smallest absolute Gasteiger partial charge is 0.291 e. The summed E-state index contributed by atoms with van der Waals surface area (Å²) in [7, 11) is -3.75. The molecule has 0 bridgehead atoms.